The van der Waals surface area contributed by atoms with E-state index in [9.17, 15) is 0 Å². The minimum atomic E-state index is 0.813. The predicted molar refractivity (Wildman–Crippen MR) is 70.9 cm³/mol. The summed E-state index contributed by atoms with van der Waals surface area (Å²) in [5, 5.41) is 3.22. The molecule has 1 atom stereocenters. The van der Waals surface area contributed by atoms with Gasteiger partial charge in [-0.05, 0) is 72.5 Å². The summed E-state index contributed by atoms with van der Waals surface area (Å²) in [5.41, 5.74) is 0. The maximum absolute atomic E-state index is 3.22. The number of hydrogen-bond acceptors (Lipinski definition) is 3. The zero-order valence-electron chi connectivity index (χ0n) is 11.3. The van der Waals surface area contributed by atoms with Crippen molar-refractivity contribution in [1.82, 2.24) is 15.1 Å². The predicted octanol–water partition coefficient (Wildman–Crippen LogP) is 1.40. The molecule has 0 spiro atoms. The summed E-state index contributed by atoms with van der Waals surface area (Å²) in [6.45, 7) is 8.46. The van der Waals surface area contributed by atoms with Gasteiger partial charge in [0, 0.05) is 6.04 Å². The van der Waals surface area contributed by atoms with E-state index < -0.39 is 0 Å². The molecule has 1 saturated heterocycles. The highest BCUT2D eigenvalue weighted by molar-refractivity contribution is 4.75. The summed E-state index contributed by atoms with van der Waals surface area (Å²) in [6.07, 6.45) is 5.37. The molecule has 0 aromatic carbocycles. The summed E-state index contributed by atoms with van der Waals surface area (Å²) in [4.78, 5) is 5.15. The maximum atomic E-state index is 3.22. The van der Waals surface area contributed by atoms with Crippen LogP contribution in [0.3, 0.4) is 0 Å². The molecule has 0 aromatic rings. The van der Waals surface area contributed by atoms with Crippen molar-refractivity contribution >= 4 is 0 Å². The Balaban J connectivity index is 2.24. The van der Waals surface area contributed by atoms with Gasteiger partial charge in [-0.1, -0.05) is 6.92 Å². The first kappa shape index (κ1) is 13.9. The average molecular weight is 227 g/mol. The van der Waals surface area contributed by atoms with Crippen molar-refractivity contribution < 1.29 is 0 Å². The van der Waals surface area contributed by atoms with E-state index in [0.29, 0.717) is 0 Å². The molecular weight excluding hydrogens is 198 g/mol. The Labute approximate surface area is 101 Å². The van der Waals surface area contributed by atoms with Gasteiger partial charge in [0.25, 0.3) is 0 Å². The van der Waals surface area contributed by atoms with Crippen molar-refractivity contribution in [3.63, 3.8) is 0 Å². The van der Waals surface area contributed by atoms with E-state index in [1.165, 1.54) is 51.9 Å². The topological polar surface area (TPSA) is 18.5 Å². The number of nitrogens with zero attached hydrogens (tertiary/aromatic N) is 2. The Morgan fingerprint density at radius 3 is 2.81 bits per heavy atom. The molecule has 0 bridgehead atoms. The van der Waals surface area contributed by atoms with Crippen LogP contribution < -0.4 is 5.32 Å². The highest BCUT2D eigenvalue weighted by atomic mass is 15.2. The van der Waals surface area contributed by atoms with Gasteiger partial charge in [-0.2, -0.15) is 0 Å². The molecule has 1 fully saturated rings. The summed E-state index contributed by atoms with van der Waals surface area (Å²) in [6, 6.07) is 0.813. The molecule has 1 heterocycles. The van der Waals surface area contributed by atoms with Crippen molar-refractivity contribution in [3.05, 3.63) is 0 Å². The van der Waals surface area contributed by atoms with Gasteiger partial charge in [-0.3, -0.25) is 0 Å². The Hall–Kier alpha value is -0.120. The highest BCUT2D eigenvalue weighted by Crippen LogP contribution is 2.15. The molecule has 3 nitrogen and oxygen atoms in total. The van der Waals surface area contributed by atoms with E-state index in [1.54, 1.807) is 0 Å². The molecule has 1 rings (SSSR count). The molecule has 3 heteroatoms. The fourth-order valence-electron chi connectivity index (χ4n) is 2.58. The lowest BCUT2D eigenvalue weighted by Gasteiger charge is -2.27. The lowest BCUT2D eigenvalue weighted by atomic mass is 10.1. The van der Waals surface area contributed by atoms with Crippen LogP contribution in [0, 0.1) is 0 Å². The van der Waals surface area contributed by atoms with Crippen LogP contribution in [-0.4, -0.2) is 62.7 Å². The molecule has 16 heavy (non-hydrogen) atoms. The van der Waals surface area contributed by atoms with Crippen molar-refractivity contribution in [2.45, 2.75) is 38.6 Å². The van der Waals surface area contributed by atoms with Crippen LogP contribution in [0.1, 0.15) is 32.6 Å². The molecule has 1 unspecified atom stereocenters. The monoisotopic (exact) mass is 227 g/mol. The lowest BCUT2D eigenvalue weighted by molar-refractivity contribution is 0.214. The Kier molecular flexibility index (Phi) is 7.01. The molecule has 96 valence electrons. The van der Waals surface area contributed by atoms with Crippen molar-refractivity contribution in [2.24, 2.45) is 0 Å². The van der Waals surface area contributed by atoms with Crippen molar-refractivity contribution in [1.29, 1.82) is 0 Å². The van der Waals surface area contributed by atoms with E-state index in [0.717, 1.165) is 12.6 Å². The standard InChI is InChI=1S/C13H29N3/c1-4-16-11-5-7-13(8-12-16)15(3)10-6-9-14-2/h13-14H,4-12H2,1-3H3. The Morgan fingerprint density at radius 2 is 2.12 bits per heavy atom. The molecule has 1 aliphatic rings. The van der Waals surface area contributed by atoms with E-state index in [4.69, 9.17) is 0 Å². The summed E-state index contributed by atoms with van der Waals surface area (Å²) in [7, 11) is 4.33. The number of likely N-dealkylation sites (tertiary alicyclic amines) is 1. The number of hydrogen-bond donors (Lipinski definition) is 1. The van der Waals surface area contributed by atoms with Crippen LogP contribution in [0.25, 0.3) is 0 Å². The third kappa shape index (κ3) is 4.81. The number of rotatable bonds is 6. The van der Waals surface area contributed by atoms with Crippen LogP contribution in [-0.2, 0) is 0 Å². The Bertz CT molecular complexity index is 173. The average Bonchev–Trinajstić information content (AvgIpc) is 2.54. The zero-order valence-corrected chi connectivity index (χ0v) is 11.3. The van der Waals surface area contributed by atoms with E-state index >= 15 is 0 Å². The second-order valence-corrected chi connectivity index (χ2v) is 4.96. The molecule has 0 saturated carbocycles. The van der Waals surface area contributed by atoms with Gasteiger partial charge in [0.05, 0.1) is 0 Å². The van der Waals surface area contributed by atoms with Crippen LogP contribution in [0.15, 0.2) is 0 Å². The first-order valence-corrected chi connectivity index (χ1v) is 6.85. The van der Waals surface area contributed by atoms with E-state index in [1.807, 2.05) is 7.05 Å². The van der Waals surface area contributed by atoms with Gasteiger partial charge in [-0.15, -0.1) is 0 Å². The molecule has 0 aromatic heterocycles. The van der Waals surface area contributed by atoms with Gasteiger partial charge in [0.15, 0.2) is 0 Å². The third-order valence-electron chi connectivity index (χ3n) is 3.80. The highest BCUT2D eigenvalue weighted by Gasteiger charge is 2.18. The third-order valence-corrected chi connectivity index (χ3v) is 3.80. The second-order valence-electron chi connectivity index (χ2n) is 4.96. The molecule has 1 N–H and O–H groups in total. The van der Waals surface area contributed by atoms with Crippen LogP contribution in [0.4, 0.5) is 0 Å². The summed E-state index contributed by atoms with van der Waals surface area (Å²) in [5.74, 6) is 0. The molecular formula is C13H29N3. The fraction of sp³-hybridized carbons (Fsp3) is 1.00. The maximum Gasteiger partial charge on any atom is 0.0105 e. The lowest BCUT2D eigenvalue weighted by Crippen LogP contribution is -2.34. The van der Waals surface area contributed by atoms with Crippen LogP contribution >= 0.6 is 0 Å². The summed E-state index contributed by atoms with van der Waals surface area (Å²) < 4.78 is 0. The quantitative estimate of drug-likeness (QED) is 0.692. The fourth-order valence-corrected chi connectivity index (χ4v) is 2.58. The van der Waals surface area contributed by atoms with Gasteiger partial charge < -0.3 is 15.1 Å². The van der Waals surface area contributed by atoms with Gasteiger partial charge in [-0.25, -0.2) is 0 Å². The number of nitrogens with one attached hydrogen (secondary N) is 1. The normalized spacial score (nSPS) is 23.6. The smallest absolute Gasteiger partial charge is 0.0105 e. The second kappa shape index (κ2) is 8.04. The summed E-state index contributed by atoms with van der Waals surface area (Å²) >= 11 is 0. The van der Waals surface area contributed by atoms with Crippen LogP contribution in [0.2, 0.25) is 0 Å². The van der Waals surface area contributed by atoms with E-state index in [2.05, 4.69) is 29.1 Å². The van der Waals surface area contributed by atoms with Crippen molar-refractivity contribution in [2.75, 3.05) is 46.8 Å². The van der Waals surface area contributed by atoms with Gasteiger partial charge in [0.2, 0.25) is 0 Å². The molecule has 1 aliphatic heterocycles. The molecule has 0 amide bonds. The largest absolute Gasteiger partial charge is 0.320 e. The first-order valence-electron chi connectivity index (χ1n) is 6.85. The minimum Gasteiger partial charge on any atom is -0.320 e. The minimum absolute atomic E-state index is 0.813. The van der Waals surface area contributed by atoms with E-state index in [-0.39, 0.29) is 0 Å². The van der Waals surface area contributed by atoms with Gasteiger partial charge >= 0.3 is 0 Å². The van der Waals surface area contributed by atoms with Crippen molar-refractivity contribution in [3.8, 4) is 0 Å². The Morgan fingerprint density at radius 1 is 1.31 bits per heavy atom. The zero-order chi connectivity index (χ0) is 11.8. The molecule has 0 aliphatic carbocycles. The molecule has 0 radical (unpaired) electrons. The van der Waals surface area contributed by atoms with Crippen LogP contribution in [0.5, 0.6) is 0 Å². The first-order chi connectivity index (χ1) is 7.77. The SMILES string of the molecule is CCN1CCCC(N(C)CCCNC)CC1. The van der Waals surface area contributed by atoms with Gasteiger partial charge in [0.1, 0.15) is 0 Å².